The average Bonchev–Trinajstić information content (AvgIpc) is 3.11. The maximum Gasteiger partial charge on any atom is 0.351 e. The molecule has 13 nitrogen and oxygen atoms in total. The van der Waals surface area contributed by atoms with Crippen LogP contribution in [0.1, 0.15) is 22.5 Å². The number of nitrogens with zero attached hydrogens (tertiary/aromatic N) is 6. The van der Waals surface area contributed by atoms with Crippen LogP contribution in [-0.2, 0) is 7.05 Å². The van der Waals surface area contributed by atoms with Crippen LogP contribution in [0, 0.1) is 12.7 Å². The smallest absolute Gasteiger partial charge is 0.351 e. The van der Waals surface area contributed by atoms with Crippen molar-refractivity contribution in [2.24, 2.45) is 7.05 Å². The third kappa shape index (κ3) is 7.51. The molecule has 3 heterocycles. The van der Waals surface area contributed by atoms with Crippen molar-refractivity contribution in [2.45, 2.75) is 13.3 Å². The zero-order chi connectivity index (χ0) is 35.4. The molecule has 1 aliphatic rings. The van der Waals surface area contributed by atoms with Crippen molar-refractivity contribution in [1.82, 2.24) is 29.1 Å². The van der Waals surface area contributed by atoms with Crippen LogP contribution in [0.4, 0.5) is 10.1 Å². The summed E-state index contributed by atoms with van der Waals surface area (Å²) in [4.78, 5) is 47.9. The number of amides is 1. The molecule has 14 heteroatoms. The lowest BCUT2D eigenvalue weighted by Gasteiger charge is -2.32. The summed E-state index contributed by atoms with van der Waals surface area (Å²) in [7, 11) is 4.93. The highest BCUT2D eigenvalue weighted by Gasteiger charge is 2.20. The van der Waals surface area contributed by atoms with Gasteiger partial charge < -0.3 is 29.3 Å². The highest BCUT2D eigenvalue weighted by atomic mass is 19.1. The Morgan fingerprint density at radius 3 is 2.40 bits per heavy atom. The number of rotatable bonds is 11. The molecule has 0 spiro atoms. The first-order chi connectivity index (χ1) is 24.1. The van der Waals surface area contributed by atoms with Gasteiger partial charge in [-0.15, -0.1) is 0 Å². The number of ether oxygens (including phenoxy) is 3. The monoisotopic (exact) mass is 683 g/mol. The first kappa shape index (κ1) is 34.3. The molecule has 0 radical (unpaired) electrons. The van der Waals surface area contributed by atoms with Gasteiger partial charge in [-0.05, 0) is 56.8 Å². The number of hydrogen-bond acceptors (Lipinski definition) is 10. The highest BCUT2D eigenvalue weighted by molar-refractivity contribution is 6.02. The Labute approximate surface area is 287 Å². The number of likely N-dealkylation sites (N-methyl/N-ethyl adjacent to an activating group) is 1. The summed E-state index contributed by atoms with van der Waals surface area (Å²) in [6, 6.07) is 15.8. The lowest BCUT2D eigenvalue weighted by Crippen LogP contribution is -2.44. The molecular formula is C36H38FN7O6. The zero-order valence-electron chi connectivity index (χ0n) is 28.3. The van der Waals surface area contributed by atoms with Gasteiger partial charge in [0.05, 0.1) is 24.9 Å². The minimum absolute atomic E-state index is 0.0486. The lowest BCUT2D eigenvalue weighted by molar-refractivity contribution is 0.101. The molecule has 5 aromatic rings. The van der Waals surface area contributed by atoms with Crippen molar-refractivity contribution in [2.75, 3.05) is 58.8 Å². The van der Waals surface area contributed by atoms with E-state index in [1.165, 1.54) is 19.2 Å². The van der Waals surface area contributed by atoms with Crippen LogP contribution in [0.25, 0.3) is 16.6 Å². The van der Waals surface area contributed by atoms with E-state index in [4.69, 9.17) is 14.2 Å². The molecule has 1 aliphatic heterocycles. The van der Waals surface area contributed by atoms with E-state index in [2.05, 4.69) is 32.2 Å². The first-order valence-electron chi connectivity index (χ1n) is 16.2. The molecule has 1 N–H and O–H groups in total. The second-order valence-corrected chi connectivity index (χ2v) is 12.1. The van der Waals surface area contributed by atoms with Crippen LogP contribution in [-0.4, -0.2) is 88.5 Å². The van der Waals surface area contributed by atoms with E-state index in [-0.39, 0.29) is 11.4 Å². The quantitative estimate of drug-likeness (QED) is 0.204. The fourth-order valence-corrected chi connectivity index (χ4v) is 5.57. The standard InChI is InChI=1S/C36H38FN7O6/c1-23-6-9-25(10-7-23)44-36(47)42(3)35(46)33(40-44)34(45)39-24-8-11-30(27(37)20-24)50-29-12-13-38-28-22-32(31(48-4)21-26(28)29)49-19-5-14-43-17-15-41(2)16-18-43/h6-13,20-22H,5,14-19H2,1-4H3,(H,39,45). The summed E-state index contributed by atoms with van der Waals surface area (Å²) in [5.74, 6) is -0.429. The maximum absolute atomic E-state index is 15.4. The van der Waals surface area contributed by atoms with Crippen molar-refractivity contribution in [3.8, 4) is 28.7 Å². The Kier molecular flexibility index (Phi) is 10.2. The van der Waals surface area contributed by atoms with E-state index in [9.17, 15) is 14.4 Å². The minimum atomic E-state index is -0.913. The number of carbonyl (C=O) groups is 1. The molecule has 6 rings (SSSR count). The number of fused-ring (bicyclic) bond motifs is 1. The van der Waals surface area contributed by atoms with Crippen LogP contribution < -0.4 is 30.8 Å². The molecule has 3 aromatic carbocycles. The number of aromatic nitrogens is 4. The molecule has 1 amide bonds. The van der Waals surface area contributed by atoms with Gasteiger partial charge in [0.2, 0.25) is 5.69 Å². The number of carbonyl (C=O) groups excluding carboxylic acids is 1. The van der Waals surface area contributed by atoms with Crippen LogP contribution >= 0.6 is 0 Å². The minimum Gasteiger partial charge on any atom is -0.493 e. The number of anilines is 1. The maximum atomic E-state index is 15.4. The number of aryl methyl sites for hydroxylation is 1. The highest BCUT2D eigenvalue weighted by Crippen LogP contribution is 2.38. The molecule has 0 saturated carbocycles. The van der Waals surface area contributed by atoms with Crippen LogP contribution in [0.5, 0.6) is 23.0 Å². The van der Waals surface area contributed by atoms with Gasteiger partial charge in [-0.3, -0.25) is 19.1 Å². The number of nitrogens with one attached hydrogen (secondary N) is 1. The summed E-state index contributed by atoms with van der Waals surface area (Å²) >= 11 is 0. The first-order valence-corrected chi connectivity index (χ1v) is 16.2. The van der Waals surface area contributed by atoms with Crippen LogP contribution in [0.15, 0.2) is 76.4 Å². The van der Waals surface area contributed by atoms with Crippen LogP contribution in [0.2, 0.25) is 0 Å². The van der Waals surface area contributed by atoms with Crippen molar-refractivity contribution in [1.29, 1.82) is 0 Å². The molecule has 260 valence electrons. The predicted molar refractivity (Wildman–Crippen MR) is 187 cm³/mol. The SMILES string of the molecule is COc1cc2c(Oc3ccc(NC(=O)c4nn(-c5ccc(C)cc5)c(=O)n(C)c4=O)cc3F)ccnc2cc1OCCCN1CCN(C)CC1. The fourth-order valence-electron chi connectivity index (χ4n) is 5.57. The number of benzene rings is 3. The van der Waals surface area contributed by atoms with E-state index in [1.54, 1.807) is 55.8 Å². The third-order valence-corrected chi connectivity index (χ3v) is 8.54. The second kappa shape index (κ2) is 14.9. The molecule has 1 saturated heterocycles. The van der Waals surface area contributed by atoms with E-state index >= 15 is 4.39 Å². The van der Waals surface area contributed by atoms with E-state index < -0.39 is 28.7 Å². The van der Waals surface area contributed by atoms with Gasteiger partial charge in [0, 0.05) is 69.2 Å². The Hall–Kier alpha value is -5.60. The number of piperazine rings is 1. The number of pyridine rings is 1. The van der Waals surface area contributed by atoms with Gasteiger partial charge in [0.1, 0.15) is 5.75 Å². The molecule has 0 atom stereocenters. The van der Waals surface area contributed by atoms with Gasteiger partial charge in [-0.1, -0.05) is 17.7 Å². The Morgan fingerprint density at radius 2 is 1.68 bits per heavy atom. The van der Waals surface area contributed by atoms with Crippen LogP contribution in [0.3, 0.4) is 0 Å². The number of halogens is 1. The summed E-state index contributed by atoms with van der Waals surface area (Å²) in [5.41, 5.74) is -0.198. The van der Waals surface area contributed by atoms with E-state index in [0.717, 1.165) is 60.0 Å². The van der Waals surface area contributed by atoms with Crippen molar-refractivity contribution in [3.05, 3.63) is 105 Å². The Morgan fingerprint density at radius 1 is 0.920 bits per heavy atom. The topological polar surface area (TPSA) is 133 Å². The van der Waals surface area contributed by atoms with Gasteiger partial charge >= 0.3 is 5.69 Å². The van der Waals surface area contributed by atoms with Gasteiger partial charge in [-0.2, -0.15) is 9.78 Å². The molecular weight excluding hydrogens is 645 g/mol. The molecule has 0 unspecified atom stereocenters. The number of methoxy groups -OCH3 is 1. The third-order valence-electron chi connectivity index (χ3n) is 8.54. The van der Waals surface area contributed by atoms with Gasteiger partial charge in [-0.25, -0.2) is 9.18 Å². The largest absolute Gasteiger partial charge is 0.493 e. The molecule has 1 fully saturated rings. The Bertz CT molecular complexity index is 2140. The van der Waals surface area contributed by atoms with Crippen molar-refractivity contribution < 1.29 is 23.4 Å². The summed E-state index contributed by atoms with van der Waals surface area (Å²) in [5, 5.41) is 7.09. The fraction of sp³-hybridized carbons (Fsp3) is 0.306. The van der Waals surface area contributed by atoms with Gasteiger partial charge in [0.15, 0.2) is 23.1 Å². The zero-order valence-corrected chi connectivity index (χ0v) is 28.3. The molecule has 2 aromatic heterocycles. The normalized spacial score (nSPS) is 13.7. The van der Waals surface area contributed by atoms with Crippen molar-refractivity contribution in [3.63, 3.8) is 0 Å². The average molecular weight is 684 g/mol. The molecule has 0 bridgehead atoms. The second-order valence-electron chi connectivity index (χ2n) is 12.1. The lowest BCUT2D eigenvalue weighted by atomic mass is 10.1. The summed E-state index contributed by atoms with van der Waals surface area (Å²) in [6.45, 7) is 7.57. The summed E-state index contributed by atoms with van der Waals surface area (Å²) < 4.78 is 34.8. The number of hydrogen-bond donors (Lipinski definition) is 1. The van der Waals surface area contributed by atoms with E-state index in [1.807, 2.05) is 6.92 Å². The molecule has 50 heavy (non-hydrogen) atoms. The van der Waals surface area contributed by atoms with Crippen molar-refractivity contribution >= 4 is 22.5 Å². The Balaban J connectivity index is 1.16. The predicted octanol–water partition coefficient (Wildman–Crippen LogP) is 4.00. The van der Waals surface area contributed by atoms with E-state index in [0.29, 0.717) is 40.4 Å². The van der Waals surface area contributed by atoms with Gasteiger partial charge in [0.25, 0.3) is 11.5 Å². The summed E-state index contributed by atoms with van der Waals surface area (Å²) in [6.07, 6.45) is 2.42. The molecule has 0 aliphatic carbocycles.